The molecule has 0 atom stereocenters. The van der Waals surface area contributed by atoms with Gasteiger partial charge in [0.2, 0.25) is 0 Å². The van der Waals surface area contributed by atoms with Crippen LogP contribution >= 0.6 is 0 Å². The highest BCUT2D eigenvalue weighted by atomic mass is 16.5. The second-order valence-electron chi connectivity index (χ2n) is 5.87. The molecule has 6 heteroatoms. The summed E-state index contributed by atoms with van der Waals surface area (Å²) in [5.74, 6) is 1.74. The van der Waals surface area contributed by atoms with E-state index in [0.29, 0.717) is 13.2 Å². The highest BCUT2D eigenvalue weighted by Crippen LogP contribution is 2.22. The van der Waals surface area contributed by atoms with Gasteiger partial charge in [0, 0.05) is 39.2 Å². The van der Waals surface area contributed by atoms with Crippen molar-refractivity contribution in [2.75, 3.05) is 45.3 Å². The van der Waals surface area contributed by atoms with Crippen LogP contribution in [0, 0.1) is 0 Å². The van der Waals surface area contributed by atoms with Crippen LogP contribution in [0.15, 0.2) is 35.3 Å². The van der Waals surface area contributed by atoms with E-state index < -0.39 is 0 Å². The van der Waals surface area contributed by atoms with E-state index >= 15 is 0 Å². The number of para-hydroxylation sites is 1. The van der Waals surface area contributed by atoms with Gasteiger partial charge in [-0.15, -0.1) is 0 Å². The van der Waals surface area contributed by atoms with Crippen molar-refractivity contribution in [2.45, 2.75) is 20.4 Å². The van der Waals surface area contributed by atoms with Crippen molar-refractivity contribution >= 4 is 22.7 Å². The molecule has 2 aromatic rings. The average molecular weight is 343 g/mol. The van der Waals surface area contributed by atoms with Gasteiger partial charge >= 0.3 is 0 Å². The van der Waals surface area contributed by atoms with Crippen molar-refractivity contribution in [3.8, 4) is 0 Å². The van der Waals surface area contributed by atoms with E-state index in [-0.39, 0.29) is 0 Å². The van der Waals surface area contributed by atoms with Crippen molar-refractivity contribution in [1.29, 1.82) is 0 Å². The summed E-state index contributed by atoms with van der Waals surface area (Å²) < 4.78 is 5.37. The van der Waals surface area contributed by atoms with Gasteiger partial charge in [-0.1, -0.05) is 18.2 Å². The monoisotopic (exact) mass is 343 g/mol. The fourth-order valence-electron chi connectivity index (χ4n) is 2.48. The van der Waals surface area contributed by atoms with E-state index in [9.17, 15) is 0 Å². The molecule has 0 aliphatic heterocycles. The summed E-state index contributed by atoms with van der Waals surface area (Å²) >= 11 is 0. The number of hydrogen-bond acceptors (Lipinski definition) is 4. The molecular weight excluding hydrogens is 314 g/mol. The van der Waals surface area contributed by atoms with Gasteiger partial charge in [0.15, 0.2) is 5.96 Å². The molecule has 0 bridgehead atoms. The van der Waals surface area contributed by atoms with Gasteiger partial charge < -0.3 is 20.3 Å². The molecule has 0 spiro atoms. The fraction of sp³-hybridized carbons (Fsp3) is 0.474. The molecule has 1 aromatic carbocycles. The van der Waals surface area contributed by atoms with Crippen LogP contribution in [-0.2, 0) is 11.3 Å². The normalized spacial score (nSPS) is 11.6. The van der Waals surface area contributed by atoms with Crippen LogP contribution < -0.4 is 15.5 Å². The summed E-state index contributed by atoms with van der Waals surface area (Å²) in [6.07, 6.45) is 0. The molecule has 0 aliphatic carbocycles. The first-order valence-corrected chi connectivity index (χ1v) is 8.81. The Morgan fingerprint density at radius 2 is 2.00 bits per heavy atom. The number of anilines is 1. The minimum Gasteiger partial charge on any atom is -0.380 e. The minimum atomic E-state index is 0.591. The second kappa shape index (κ2) is 9.84. The summed E-state index contributed by atoms with van der Waals surface area (Å²) in [6, 6.07) is 10.3. The smallest absolute Gasteiger partial charge is 0.191 e. The zero-order valence-electron chi connectivity index (χ0n) is 15.7. The van der Waals surface area contributed by atoms with Gasteiger partial charge in [0.05, 0.1) is 18.7 Å². The summed E-state index contributed by atoms with van der Waals surface area (Å²) in [5, 5.41) is 7.71. The van der Waals surface area contributed by atoms with Gasteiger partial charge in [-0.3, -0.25) is 0 Å². The van der Waals surface area contributed by atoms with Crippen LogP contribution in [0.4, 0.5) is 5.82 Å². The Kier molecular flexibility index (Phi) is 7.47. The molecule has 0 fully saturated rings. The standard InChI is InChI=1S/C19H29N5O/c1-5-20-19(21-11-12-25-6-2)22-14-15-13-18(24(3)4)23-17-10-8-7-9-16(15)17/h7-10,13H,5-6,11-12,14H2,1-4H3,(H2,20,21,22). The molecule has 136 valence electrons. The van der Waals surface area contributed by atoms with E-state index in [1.54, 1.807) is 0 Å². The Bertz CT molecular complexity index is 699. The highest BCUT2D eigenvalue weighted by Gasteiger charge is 2.07. The highest BCUT2D eigenvalue weighted by molar-refractivity contribution is 5.85. The molecule has 25 heavy (non-hydrogen) atoms. The minimum absolute atomic E-state index is 0.591. The molecule has 0 unspecified atom stereocenters. The Hall–Kier alpha value is -2.34. The third kappa shape index (κ3) is 5.60. The zero-order chi connectivity index (χ0) is 18.1. The zero-order valence-corrected chi connectivity index (χ0v) is 15.7. The van der Waals surface area contributed by atoms with Gasteiger partial charge in [0.1, 0.15) is 5.82 Å². The second-order valence-corrected chi connectivity index (χ2v) is 5.87. The number of pyridine rings is 1. The number of rotatable bonds is 8. The number of ether oxygens (including phenoxy) is 1. The summed E-state index contributed by atoms with van der Waals surface area (Å²) in [7, 11) is 4.01. The SMILES string of the molecule is CCNC(=NCc1cc(N(C)C)nc2ccccc12)NCCOCC. The predicted octanol–water partition coefficient (Wildman–Crippen LogP) is 2.39. The van der Waals surface area contributed by atoms with Gasteiger partial charge in [-0.25, -0.2) is 9.98 Å². The van der Waals surface area contributed by atoms with E-state index in [4.69, 9.17) is 14.7 Å². The lowest BCUT2D eigenvalue weighted by atomic mass is 10.1. The fourth-order valence-corrected chi connectivity index (χ4v) is 2.48. The van der Waals surface area contributed by atoms with Crippen molar-refractivity contribution in [2.24, 2.45) is 4.99 Å². The van der Waals surface area contributed by atoms with E-state index in [2.05, 4.69) is 29.7 Å². The van der Waals surface area contributed by atoms with E-state index in [1.165, 1.54) is 0 Å². The molecule has 0 amide bonds. The number of guanidine groups is 1. The van der Waals surface area contributed by atoms with Crippen molar-refractivity contribution < 1.29 is 4.74 Å². The summed E-state index contributed by atoms with van der Waals surface area (Å²) in [6.45, 7) is 7.60. The lowest BCUT2D eigenvalue weighted by Gasteiger charge is -2.15. The van der Waals surface area contributed by atoms with Crippen LogP contribution in [0.5, 0.6) is 0 Å². The van der Waals surface area contributed by atoms with Gasteiger partial charge in [0.25, 0.3) is 0 Å². The maximum absolute atomic E-state index is 5.37. The lowest BCUT2D eigenvalue weighted by molar-refractivity contribution is 0.152. The molecule has 2 N–H and O–H groups in total. The van der Waals surface area contributed by atoms with Crippen LogP contribution in [0.3, 0.4) is 0 Å². The molecule has 6 nitrogen and oxygen atoms in total. The van der Waals surface area contributed by atoms with Gasteiger partial charge in [-0.05, 0) is 31.5 Å². The van der Waals surface area contributed by atoms with E-state index in [0.717, 1.165) is 47.9 Å². The van der Waals surface area contributed by atoms with Crippen LogP contribution in [0.25, 0.3) is 10.9 Å². The maximum Gasteiger partial charge on any atom is 0.191 e. The van der Waals surface area contributed by atoms with Crippen LogP contribution in [0.1, 0.15) is 19.4 Å². The third-order valence-electron chi connectivity index (χ3n) is 3.74. The van der Waals surface area contributed by atoms with Crippen molar-refractivity contribution in [3.05, 3.63) is 35.9 Å². The first kappa shape index (κ1) is 19.0. The molecule has 0 saturated heterocycles. The first-order chi connectivity index (χ1) is 12.2. The number of aromatic nitrogens is 1. The molecule has 0 saturated carbocycles. The quantitative estimate of drug-likeness (QED) is 0.438. The first-order valence-electron chi connectivity index (χ1n) is 8.81. The molecule has 1 heterocycles. The van der Waals surface area contributed by atoms with E-state index in [1.807, 2.05) is 44.1 Å². The lowest BCUT2D eigenvalue weighted by Crippen LogP contribution is -2.39. The Morgan fingerprint density at radius 3 is 2.72 bits per heavy atom. The number of hydrogen-bond donors (Lipinski definition) is 2. The Morgan fingerprint density at radius 1 is 1.20 bits per heavy atom. The van der Waals surface area contributed by atoms with Crippen LogP contribution in [0.2, 0.25) is 0 Å². The molecule has 2 rings (SSSR count). The maximum atomic E-state index is 5.37. The predicted molar refractivity (Wildman–Crippen MR) is 105 cm³/mol. The molecule has 0 aliphatic rings. The Labute approximate surface area is 150 Å². The van der Waals surface area contributed by atoms with Crippen molar-refractivity contribution in [1.82, 2.24) is 15.6 Å². The summed E-state index contributed by atoms with van der Waals surface area (Å²) in [5.41, 5.74) is 2.16. The molecular formula is C19H29N5O. The van der Waals surface area contributed by atoms with Gasteiger partial charge in [-0.2, -0.15) is 0 Å². The number of aliphatic imine (C=N–C) groups is 1. The largest absolute Gasteiger partial charge is 0.380 e. The number of nitrogens with zero attached hydrogens (tertiary/aromatic N) is 3. The summed E-state index contributed by atoms with van der Waals surface area (Å²) in [4.78, 5) is 11.4. The topological polar surface area (TPSA) is 61.8 Å². The third-order valence-corrected chi connectivity index (χ3v) is 3.74. The Balaban J connectivity index is 2.21. The number of nitrogens with one attached hydrogen (secondary N) is 2. The van der Waals surface area contributed by atoms with Crippen molar-refractivity contribution in [3.63, 3.8) is 0 Å². The molecule has 1 aromatic heterocycles. The number of benzene rings is 1. The molecule has 0 radical (unpaired) electrons. The average Bonchev–Trinajstić information content (AvgIpc) is 2.62. The number of fused-ring (bicyclic) bond motifs is 1. The van der Waals surface area contributed by atoms with Crippen LogP contribution in [-0.4, -0.2) is 51.3 Å².